The Morgan fingerprint density at radius 2 is 2.20 bits per heavy atom. The highest BCUT2D eigenvalue weighted by molar-refractivity contribution is 5.62. The van der Waals surface area contributed by atoms with Crippen LogP contribution < -0.4 is 5.56 Å². The Hall–Kier alpha value is -1.52. The molecule has 0 atom stereocenters. The van der Waals surface area contributed by atoms with E-state index in [1.54, 1.807) is 6.20 Å². The lowest BCUT2D eigenvalue weighted by atomic mass is 10.7. The maximum atomic E-state index is 9.98. The standard InChI is InChI=1S/C3H4N2O.C2H4O2/c6-3-1-2-4-5-3;1-2(3)4/h1-2H,(H2,4,5,6);1H3,(H,3,4). The molecule has 0 saturated heterocycles. The van der Waals surface area contributed by atoms with Crippen molar-refractivity contribution >= 4 is 5.97 Å². The molecule has 0 bridgehead atoms. The molecule has 1 rings (SSSR count). The minimum absolute atomic E-state index is 0.0880. The van der Waals surface area contributed by atoms with Crippen LogP contribution in [0.4, 0.5) is 0 Å². The van der Waals surface area contributed by atoms with Crippen LogP contribution in [-0.4, -0.2) is 21.3 Å². The number of aliphatic carboxylic acids is 1. The molecule has 56 valence electrons. The predicted octanol–water partition coefficient (Wildman–Crippen LogP) is -0.206. The van der Waals surface area contributed by atoms with Crippen molar-refractivity contribution in [3.63, 3.8) is 0 Å². The number of carbonyl (C=O) groups is 1. The number of hydrogen-bond acceptors (Lipinski definition) is 2. The van der Waals surface area contributed by atoms with E-state index in [-0.39, 0.29) is 5.56 Å². The minimum atomic E-state index is -0.833. The summed E-state index contributed by atoms with van der Waals surface area (Å²) >= 11 is 0. The molecule has 0 saturated carbocycles. The Kier molecular flexibility index (Phi) is 3.70. The highest BCUT2D eigenvalue weighted by Crippen LogP contribution is 1.53. The van der Waals surface area contributed by atoms with E-state index in [1.807, 2.05) is 0 Å². The van der Waals surface area contributed by atoms with Gasteiger partial charge in [-0.05, 0) is 0 Å². The van der Waals surface area contributed by atoms with Gasteiger partial charge in [-0.2, -0.15) is 0 Å². The fraction of sp³-hybridized carbons (Fsp3) is 0.200. The van der Waals surface area contributed by atoms with E-state index in [0.717, 1.165) is 6.92 Å². The topological polar surface area (TPSA) is 85.9 Å². The van der Waals surface area contributed by atoms with Crippen molar-refractivity contribution < 1.29 is 9.90 Å². The molecule has 0 aliphatic carbocycles. The summed E-state index contributed by atoms with van der Waals surface area (Å²) in [6, 6.07) is 1.42. The van der Waals surface area contributed by atoms with Gasteiger partial charge in [-0.1, -0.05) is 0 Å². The molecule has 5 heteroatoms. The van der Waals surface area contributed by atoms with Crippen LogP contribution in [-0.2, 0) is 4.79 Å². The maximum absolute atomic E-state index is 9.98. The van der Waals surface area contributed by atoms with E-state index in [0.29, 0.717) is 0 Å². The fourth-order valence-corrected chi connectivity index (χ4v) is 0.272. The van der Waals surface area contributed by atoms with Gasteiger partial charge in [0.1, 0.15) is 0 Å². The molecule has 0 radical (unpaired) electrons. The van der Waals surface area contributed by atoms with Crippen LogP contribution in [0.1, 0.15) is 6.92 Å². The van der Waals surface area contributed by atoms with Crippen LogP contribution in [0.15, 0.2) is 17.1 Å². The molecule has 1 aromatic heterocycles. The number of aromatic nitrogens is 2. The number of H-pyrrole nitrogens is 2. The molecule has 0 amide bonds. The van der Waals surface area contributed by atoms with Crippen LogP contribution >= 0.6 is 0 Å². The lowest BCUT2D eigenvalue weighted by molar-refractivity contribution is -0.134. The maximum Gasteiger partial charge on any atom is 0.300 e. The Labute approximate surface area is 56.7 Å². The zero-order valence-electron chi connectivity index (χ0n) is 5.42. The molecule has 0 aliphatic rings. The monoisotopic (exact) mass is 144 g/mol. The van der Waals surface area contributed by atoms with Crippen LogP contribution in [0.5, 0.6) is 0 Å². The van der Waals surface area contributed by atoms with Crippen LogP contribution in [0.25, 0.3) is 0 Å². The molecular weight excluding hydrogens is 136 g/mol. The van der Waals surface area contributed by atoms with Gasteiger partial charge in [-0.15, -0.1) is 0 Å². The lowest BCUT2D eigenvalue weighted by Gasteiger charge is -1.59. The number of carboxylic acids is 1. The van der Waals surface area contributed by atoms with E-state index in [1.165, 1.54) is 6.07 Å². The van der Waals surface area contributed by atoms with Crippen molar-refractivity contribution in [1.29, 1.82) is 0 Å². The Morgan fingerprint density at radius 3 is 2.30 bits per heavy atom. The molecule has 0 unspecified atom stereocenters. The van der Waals surface area contributed by atoms with E-state index < -0.39 is 5.97 Å². The van der Waals surface area contributed by atoms with Gasteiger partial charge in [0.25, 0.3) is 11.5 Å². The molecule has 1 aromatic rings. The van der Waals surface area contributed by atoms with E-state index in [9.17, 15) is 4.79 Å². The SMILES string of the molecule is CC(=O)O.O=c1cc[nH][nH]1. The molecule has 5 nitrogen and oxygen atoms in total. The first-order valence-electron chi connectivity index (χ1n) is 2.54. The van der Waals surface area contributed by atoms with Crippen LogP contribution in [0.2, 0.25) is 0 Å². The van der Waals surface area contributed by atoms with Crippen LogP contribution in [0.3, 0.4) is 0 Å². The molecule has 0 spiro atoms. The smallest absolute Gasteiger partial charge is 0.300 e. The molecule has 10 heavy (non-hydrogen) atoms. The summed E-state index contributed by atoms with van der Waals surface area (Å²) in [6.45, 7) is 1.08. The summed E-state index contributed by atoms with van der Waals surface area (Å²) < 4.78 is 0. The largest absolute Gasteiger partial charge is 0.481 e. The molecule has 0 aromatic carbocycles. The number of rotatable bonds is 0. The lowest BCUT2D eigenvalue weighted by Crippen LogP contribution is -1.93. The van der Waals surface area contributed by atoms with Crippen LogP contribution in [0, 0.1) is 0 Å². The number of carboxylic acid groups (broad SMARTS) is 1. The van der Waals surface area contributed by atoms with E-state index in [2.05, 4.69) is 10.2 Å². The summed E-state index contributed by atoms with van der Waals surface area (Å²) in [4.78, 5) is 19.0. The first-order valence-corrected chi connectivity index (χ1v) is 2.54. The number of hydrogen-bond donors (Lipinski definition) is 3. The Bertz CT molecular complexity index is 216. The average Bonchev–Trinajstić information content (AvgIpc) is 2.15. The van der Waals surface area contributed by atoms with Crippen molar-refractivity contribution in [3.05, 3.63) is 22.6 Å². The second-order valence-electron chi connectivity index (χ2n) is 1.49. The predicted molar refractivity (Wildman–Crippen MR) is 34.7 cm³/mol. The third-order valence-corrected chi connectivity index (χ3v) is 0.513. The normalized spacial score (nSPS) is 7.70. The second-order valence-corrected chi connectivity index (χ2v) is 1.49. The van der Waals surface area contributed by atoms with E-state index >= 15 is 0 Å². The third kappa shape index (κ3) is 6.48. The van der Waals surface area contributed by atoms with Gasteiger partial charge in [0.15, 0.2) is 0 Å². The van der Waals surface area contributed by atoms with Gasteiger partial charge >= 0.3 is 0 Å². The second kappa shape index (κ2) is 4.37. The van der Waals surface area contributed by atoms with Gasteiger partial charge < -0.3 is 10.2 Å². The molecule has 3 N–H and O–H groups in total. The zero-order chi connectivity index (χ0) is 7.98. The number of nitrogens with one attached hydrogen (secondary N) is 2. The molecule has 1 heterocycles. The van der Waals surface area contributed by atoms with Crippen molar-refractivity contribution in [2.24, 2.45) is 0 Å². The molecule has 0 aliphatic heterocycles. The van der Waals surface area contributed by atoms with E-state index in [4.69, 9.17) is 9.90 Å². The van der Waals surface area contributed by atoms with Gasteiger partial charge in [0.2, 0.25) is 0 Å². The average molecular weight is 144 g/mol. The third-order valence-electron chi connectivity index (χ3n) is 0.513. The van der Waals surface area contributed by atoms with Crippen molar-refractivity contribution in [1.82, 2.24) is 10.2 Å². The summed E-state index contributed by atoms with van der Waals surface area (Å²) in [6.07, 6.45) is 1.54. The fourth-order valence-electron chi connectivity index (χ4n) is 0.272. The van der Waals surface area contributed by atoms with Crippen molar-refractivity contribution in [3.8, 4) is 0 Å². The van der Waals surface area contributed by atoms with Gasteiger partial charge in [0, 0.05) is 19.2 Å². The Morgan fingerprint density at radius 1 is 1.70 bits per heavy atom. The quantitative estimate of drug-likeness (QED) is 0.471. The molecule has 0 fully saturated rings. The summed E-state index contributed by atoms with van der Waals surface area (Å²) in [5.74, 6) is -0.833. The van der Waals surface area contributed by atoms with Gasteiger partial charge in [-0.3, -0.25) is 14.7 Å². The Balaban J connectivity index is 0.000000180. The van der Waals surface area contributed by atoms with Gasteiger partial charge in [-0.25, -0.2) is 0 Å². The highest BCUT2D eigenvalue weighted by Gasteiger charge is 1.70. The summed E-state index contributed by atoms with van der Waals surface area (Å²) in [7, 11) is 0. The highest BCUT2D eigenvalue weighted by atomic mass is 16.4. The number of aromatic amines is 2. The zero-order valence-corrected chi connectivity index (χ0v) is 5.42. The first kappa shape index (κ1) is 8.48. The summed E-state index contributed by atoms with van der Waals surface area (Å²) in [5, 5.41) is 12.2. The first-order chi connectivity index (χ1) is 4.63. The summed E-state index contributed by atoms with van der Waals surface area (Å²) in [5.41, 5.74) is -0.0880. The molecular formula is C5H8N2O3. The van der Waals surface area contributed by atoms with Crippen molar-refractivity contribution in [2.45, 2.75) is 6.92 Å². The van der Waals surface area contributed by atoms with Crippen molar-refractivity contribution in [2.75, 3.05) is 0 Å². The minimum Gasteiger partial charge on any atom is -0.481 e. The van der Waals surface area contributed by atoms with Gasteiger partial charge in [0.05, 0.1) is 0 Å².